The Kier molecular flexibility index (Phi) is 9.87. The average molecular weight is 387 g/mol. The average Bonchev–Trinajstić information content (AvgIpc) is 2.70. The molecule has 4 nitrogen and oxygen atoms in total. The van der Waals surface area contributed by atoms with E-state index in [9.17, 15) is 0 Å². The molecule has 0 radical (unpaired) electrons. The highest BCUT2D eigenvalue weighted by Crippen LogP contribution is 2.32. The molecule has 0 heterocycles. The van der Waals surface area contributed by atoms with Crippen molar-refractivity contribution < 1.29 is 18.9 Å². The van der Waals surface area contributed by atoms with Gasteiger partial charge in [0.1, 0.15) is 11.5 Å². The molecule has 154 valence electrons. The van der Waals surface area contributed by atoms with E-state index in [-0.39, 0.29) is 0 Å². The molecule has 0 N–H and O–H groups in total. The zero-order valence-electron chi connectivity index (χ0n) is 17.8. The van der Waals surface area contributed by atoms with Gasteiger partial charge < -0.3 is 18.9 Å². The first kappa shape index (κ1) is 22.3. The van der Waals surface area contributed by atoms with Gasteiger partial charge in [0.15, 0.2) is 0 Å². The van der Waals surface area contributed by atoms with Crippen LogP contribution in [-0.4, -0.2) is 40.1 Å². The van der Waals surface area contributed by atoms with Gasteiger partial charge in [0, 0.05) is 33.4 Å². The maximum Gasteiger partial charge on any atom is 0.119 e. The number of hydrogen-bond acceptors (Lipinski definition) is 4. The van der Waals surface area contributed by atoms with Crippen molar-refractivity contribution >= 4 is 0 Å². The third-order valence-electron chi connectivity index (χ3n) is 4.63. The third kappa shape index (κ3) is 7.17. The lowest BCUT2D eigenvalue weighted by atomic mass is 9.96. The highest BCUT2D eigenvalue weighted by Gasteiger charge is 2.09. The smallest absolute Gasteiger partial charge is 0.119 e. The largest absolute Gasteiger partial charge is 0.494 e. The number of aryl methyl sites for hydroxylation is 2. The molecule has 0 fully saturated rings. The van der Waals surface area contributed by atoms with Crippen LogP contribution in [0.3, 0.4) is 0 Å². The number of rotatable bonds is 13. The Morgan fingerprint density at radius 3 is 1.75 bits per heavy atom. The van der Waals surface area contributed by atoms with Crippen LogP contribution in [0, 0.1) is 13.8 Å². The lowest BCUT2D eigenvalue weighted by Crippen LogP contribution is -2.03. The van der Waals surface area contributed by atoms with Crippen LogP contribution >= 0.6 is 0 Å². The van der Waals surface area contributed by atoms with Crippen LogP contribution in [0.15, 0.2) is 36.4 Å². The summed E-state index contributed by atoms with van der Waals surface area (Å²) in [5.74, 6) is 1.79. The number of benzene rings is 2. The van der Waals surface area contributed by atoms with Gasteiger partial charge in [0.25, 0.3) is 0 Å². The molecule has 28 heavy (non-hydrogen) atoms. The van der Waals surface area contributed by atoms with Crippen molar-refractivity contribution in [3.8, 4) is 22.6 Å². The van der Waals surface area contributed by atoms with Gasteiger partial charge in [-0.25, -0.2) is 0 Å². The molecule has 4 heteroatoms. The monoisotopic (exact) mass is 386 g/mol. The van der Waals surface area contributed by atoms with Gasteiger partial charge in [-0.05, 0) is 80.1 Å². The molecule has 0 aliphatic rings. The van der Waals surface area contributed by atoms with Crippen molar-refractivity contribution in [2.45, 2.75) is 40.0 Å². The topological polar surface area (TPSA) is 36.9 Å². The van der Waals surface area contributed by atoms with Crippen molar-refractivity contribution in [3.63, 3.8) is 0 Å². The molecular formula is C24H34O4. The van der Waals surface area contributed by atoms with Gasteiger partial charge in [0.2, 0.25) is 0 Å². The molecule has 0 unspecified atom stereocenters. The van der Waals surface area contributed by atoms with Crippen LogP contribution in [0.2, 0.25) is 0 Å². The molecule has 0 aliphatic heterocycles. The van der Waals surface area contributed by atoms with Crippen molar-refractivity contribution in [3.05, 3.63) is 47.5 Å². The Hall–Kier alpha value is -2.04. The van der Waals surface area contributed by atoms with Gasteiger partial charge in [-0.1, -0.05) is 12.1 Å². The molecule has 2 aromatic rings. The molecule has 0 atom stereocenters. The van der Waals surface area contributed by atoms with Gasteiger partial charge >= 0.3 is 0 Å². The Balaban J connectivity index is 2.05. The zero-order chi connectivity index (χ0) is 20.2. The Bertz CT molecular complexity index is 650. The number of methoxy groups -OCH3 is 1. The standard InChI is InChI=1S/C24H34O4/c1-5-26-14-8-16-28-22-12-10-20(3)24(18-22)23-17-21(11-9-19(23)2)27-15-7-6-13-25-4/h9-12,17-18H,5-8,13-16H2,1-4H3. The van der Waals surface area contributed by atoms with Crippen molar-refractivity contribution in [2.75, 3.05) is 40.1 Å². The first-order chi connectivity index (χ1) is 13.7. The van der Waals surface area contributed by atoms with Crippen LogP contribution in [0.1, 0.15) is 37.3 Å². The van der Waals surface area contributed by atoms with Crippen molar-refractivity contribution in [1.29, 1.82) is 0 Å². The van der Waals surface area contributed by atoms with Gasteiger partial charge in [0.05, 0.1) is 13.2 Å². The summed E-state index contributed by atoms with van der Waals surface area (Å²) >= 11 is 0. The maximum atomic E-state index is 5.94. The molecule has 0 bridgehead atoms. The number of ether oxygens (including phenoxy) is 4. The molecule has 0 aromatic heterocycles. The summed E-state index contributed by atoms with van der Waals surface area (Å²) in [5, 5.41) is 0. The summed E-state index contributed by atoms with van der Waals surface area (Å²) in [4.78, 5) is 0. The molecule has 0 saturated carbocycles. The second-order valence-electron chi connectivity index (χ2n) is 6.90. The highest BCUT2D eigenvalue weighted by molar-refractivity contribution is 5.73. The second-order valence-corrected chi connectivity index (χ2v) is 6.90. The van der Waals surface area contributed by atoms with E-state index >= 15 is 0 Å². The van der Waals surface area contributed by atoms with Gasteiger partial charge in [-0.2, -0.15) is 0 Å². The van der Waals surface area contributed by atoms with E-state index in [0.29, 0.717) is 13.2 Å². The van der Waals surface area contributed by atoms with Crippen molar-refractivity contribution in [1.82, 2.24) is 0 Å². The first-order valence-corrected chi connectivity index (χ1v) is 10.2. The Labute approximate surface area is 169 Å². The summed E-state index contributed by atoms with van der Waals surface area (Å²) in [6, 6.07) is 12.6. The van der Waals surface area contributed by atoms with Crippen LogP contribution in [-0.2, 0) is 9.47 Å². The fourth-order valence-corrected chi connectivity index (χ4v) is 3.00. The fraction of sp³-hybridized carbons (Fsp3) is 0.500. The maximum absolute atomic E-state index is 5.94. The summed E-state index contributed by atoms with van der Waals surface area (Å²) in [6.07, 6.45) is 2.89. The normalized spacial score (nSPS) is 10.9. The van der Waals surface area contributed by atoms with E-state index in [0.717, 1.165) is 50.6 Å². The van der Waals surface area contributed by atoms with E-state index in [1.807, 2.05) is 19.1 Å². The molecule has 0 amide bonds. The predicted octanol–water partition coefficient (Wildman–Crippen LogP) is 5.58. The lowest BCUT2D eigenvalue weighted by Gasteiger charge is -2.14. The third-order valence-corrected chi connectivity index (χ3v) is 4.63. The SMILES string of the molecule is CCOCCCOc1ccc(C)c(-c2cc(OCCCCOC)ccc2C)c1. The van der Waals surface area contributed by atoms with Gasteiger partial charge in [-0.3, -0.25) is 0 Å². The molecule has 2 aromatic carbocycles. The fourth-order valence-electron chi connectivity index (χ4n) is 3.00. The Morgan fingerprint density at radius 1 is 0.679 bits per heavy atom. The first-order valence-electron chi connectivity index (χ1n) is 10.2. The van der Waals surface area contributed by atoms with Crippen LogP contribution in [0.25, 0.3) is 11.1 Å². The minimum Gasteiger partial charge on any atom is -0.494 e. The van der Waals surface area contributed by atoms with E-state index < -0.39 is 0 Å². The summed E-state index contributed by atoms with van der Waals surface area (Å²) < 4.78 is 22.3. The molecule has 0 spiro atoms. The van der Waals surface area contributed by atoms with Crippen LogP contribution in [0.4, 0.5) is 0 Å². The summed E-state index contributed by atoms with van der Waals surface area (Å²) in [6.45, 7) is 9.89. The number of unbranched alkanes of at least 4 members (excludes halogenated alkanes) is 1. The molecular weight excluding hydrogens is 352 g/mol. The van der Waals surface area contributed by atoms with Crippen LogP contribution < -0.4 is 9.47 Å². The van der Waals surface area contributed by atoms with E-state index in [4.69, 9.17) is 18.9 Å². The minimum absolute atomic E-state index is 0.659. The minimum atomic E-state index is 0.659. The lowest BCUT2D eigenvalue weighted by molar-refractivity contribution is 0.131. The molecule has 0 aliphatic carbocycles. The predicted molar refractivity (Wildman–Crippen MR) is 115 cm³/mol. The molecule has 2 rings (SSSR count). The van der Waals surface area contributed by atoms with Gasteiger partial charge in [-0.15, -0.1) is 0 Å². The number of hydrogen-bond donors (Lipinski definition) is 0. The van der Waals surface area contributed by atoms with Crippen LogP contribution in [0.5, 0.6) is 11.5 Å². The summed E-state index contributed by atoms with van der Waals surface area (Å²) in [7, 11) is 1.73. The Morgan fingerprint density at radius 2 is 1.21 bits per heavy atom. The molecule has 0 saturated heterocycles. The highest BCUT2D eigenvalue weighted by atomic mass is 16.5. The van der Waals surface area contributed by atoms with E-state index in [2.05, 4.69) is 38.1 Å². The van der Waals surface area contributed by atoms with E-state index in [1.165, 1.54) is 22.3 Å². The van der Waals surface area contributed by atoms with Crippen molar-refractivity contribution in [2.24, 2.45) is 0 Å². The summed E-state index contributed by atoms with van der Waals surface area (Å²) in [5.41, 5.74) is 4.82. The quantitative estimate of drug-likeness (QED) is 0.421. The second kappa shape index (κ2) is 12.4. The van der Waals surface area contributed by atoms with E-state index in [1.54, 1.807) is 7.11 Å². The zero-order valence-corrected chi connectivity index (χ0v) is 17.8.